The van der Waals surface area contributed by atoms with E-state index < -0.39 is 0 Å². The Balaban J connectivity index is 1.79. The average Bonchev–Trinajstić information content (AvgIpc) is 3.28. The lowest BCUT2D eigenvalue weighted by atomic mass is 10.1. The van der Waals surface area contributed by atoms with Crippen LogP contribution in [0.1, 0.15) is 29.7 Å². The van der Waals surface area contributed by atoms with E-state index in [2.05, 4.69) is 54.6 Å². The number of hydrogen-bond acceptors (Lipinski definition) is 2. The number of amides is 1. The predicted molar refractivity (Wildman–Crippen MR) is 105 cm³/mol. The van der Waals surface area contributed by atoms with E-state index in [-0.39, 0.29) is 5.91 Å². The van der Waals surface area contributed by atoms with E-state index in [1.807, 2.05) is 17.2 Å². The molecule has 1 aromatic carbocycles. The van der Waals surface area contributed by atoms with Gasteiger partial charge in [0, 0.05) is 30.9 Å². The number of nitrogens with zero attached hydrogens (tertiary/aromatic N) is 3. The van der Waals surface area contributed by atoms with Crippen molar-refractivity contribution in [3.63, 3.8) is 0 Å². The monoisotopic (exact) mass is 345 g/mol. The van der Waals surface area contributed by atoms with Crippen molar-refractivity contribution in [3.05, 3.63) is 65.5 Å². The fraction of sp³-hybridized carbons (Fsp3) is 0.273. The molecule has 0 aliphatic carbocycles. The number of imidazole rings is 1. The third kappa shape index (κ3) is 3.15. The molecule has 1 saturated heterocycles. The minimum atomic E-state index is 0.0828. The van der Waals surface area contributed by atoms with Gasteiger partial charge in [0.2, 0.25) is 5.91 Å². The Bertz CT molecular complexity index is 977. The molecule has 1 aliphatic heterocycles. The van der Waals surface area contributed by atoms with Gasteiger partial charge in [-0.15, -0.1) is 0 Å². The molecule has 0 unspecified atom stereocenters. The zero-order valence-electron chi connectivity index (χ0n) is 15.3. The van der Waals surface area contributed by atoms with Crippen LogP contribution < -0.4 is 0 Å². The molecule has 0 spiro atoms. The summed E-state index contributed by atoms with van der Waals surface area (Å²) in [7, 11) is 0. The Labute approximate surface area is 153 Å². The van der Waals surface area contributed by atoms with Gasteiger partial charge in [0.05, 0.1) is 11.4 Å². The second kappa shape index (κ2) is 6.79. The van der Waals surface area contributed by atoms with E-state index in [0.717, 1.165) is 48.5 Å². The molecule has 4 nitrogen and oxygen atoms in total. The number of aromatic nitrogens is 2. The molecular formula is C22H23N3O. The van der Waals surface area contributed by atoms with Gasteiger partial charge in [-0.2, -0.15) is 0 Å². The molecule has 1 aliphatic rings. The summed E-state index contributed by atoms with van der Waals surface area (Å²) in [4.78, 5) is 19.2. The number of carbonyl (C=O) groups excluding carboxylic acids is 1. The lowest BCUT2D eigenvalue weighted by Crippen LogP contribution is -2.25. The van der Waals surface area contributed by atoms with Crippen LogP contribution in [-0.2, 0) is 4.79 Å². The van der Waals surface area contributed by atoms with Gasteiger partial charge in [0.1, 0.15) is 5.65 Å². The maximum Gasteiger partial charge on any atom is 0.246 e. The number of hydrogen-bond donors (Lipinski definition) is 0. The zero-order valence-corrected chi connectivity index (χ0v) is 15.3. The van der Waals surface area contributed by atoms with Crippen LogP contribution in [0, 0.1) is 13.8 Å². The Hall–Kier alpha value is -2.88. The quantitative estimate of drug-likeness (QED) is 0.665. The van der Waals surface area contributed by atoms with Gasteiger partial charge in [-0.1, -0.05) is 29.8 Å². The number of pyridine rings is 1. The van der Waals surface area contributed by atoms with E-state index in [1.54, 1.807) is 6.08 Å². The van der Waals surface area contributed by atoms with Crippen molar-refractivity contribution in [2.45, 2.75) is 26.7 Å². The van der Waals surface area contributed by atoms with Gasteiger partial charge in [0.15, 0.2) is 0 Å². The minimum Gasteiger partial charge on any atom is -0.339 e. The van der Waals surface area contributed by atoms with Gasteiger partial charge in [-0.05, 0) is 50.5 Å². The van der Waals surface area contributed by atoms with Crippen LogP contribution >= 0.6 is 0 Å². The molecule has 1 fully saturated rings. The lowest BCUT2D eigenvalue weighted by molar-refractivity contribution is -0.124. The molecule has 4 heteroatoms. The first-order valence-electron chi connectivity index (χ1n) is 9.14. The molecule has 0 N–H and O–H groups in total. The van der Waals surface area contributed by atoms with Crippen LogP contribution in [0.3, 0.4) is 0 Å². The summed E-state index contributed by atoms with van der Waals surface area (Å²) in [6.07, 6.45) is 7.82. The second-order valence-electron chi connectivity index (χ2n) is 7.01. The van der Waals surface area contributed by atoms with Gasteiger partial charge >= 0.3 is 0 Å². The third-order valence-corrected chi connectivity index (χ3v) is 4.95. The van der Waals surface area contributed by atoms with E-state index in [1.165, 1.54) is 11.1 Å². The standard InChI is InChI=1S/C22H23N3O/c1-16-5-7-18(8-6-16)22-19(9-10-21(26)24-12-3-4-13-24)25-14-11-17(2)15-20(25)23-22/h5-11,14-15H,3-4,12-13H2,1-2H3/b10-9+. The summed E-state index contributed by atoms with van der Waals surface area (Å²) in [5, 5.41) is 0. The molecule has 26 heavy (non-hydrogen) atoms. The number of likely N-dealkylation sites (tertiary alicyclic amines) is 1. The first kappa shape index (κ1) is 16.6. The Morgan fingerprint density at radius 3 is 2.50 bits per heavy atom. The van der Waals surface area contributed by atoms with Crippen molar-refractivity contribution in [2.75, 3.05) is 13.1 Å². The molecule has 2 aromatic heterocycles. The molecule has 4 rings (SSSR count). The summed E-state index contributed by atoms with van der Waals surface area (Å²) in [6, 6.07) is 12.5. The molecule has 132 valence electrons. The molecule has 1 amide bonds. The van der Waals surface area contributed by atoms with Gasteiger partial charge in [-0.25, -0.2) is 4.98 Å². The van der Waals surface area contributed by atoms with E-state index in [9.17, 15) is 4.79 Å². The van der Waals surface area contributed by atoms with Crippen LogP contribution in [0.5, 0.6) is 0 Å². The smallest absolute Gasteiger partial charge is 0.246 e. The molecular weight excluding hydrogens is 322 g/mol. The summed E-state index contributed by atoms with van der Waals surface area (Å²) in [6.45, 7) is 5.86. The van der Waals surface area contributed by atoms with Crippen molar-refractivity contribution >= 4 is 17.6 Å². The van der Waals surface area contributed by atoms with Crippen LogP contribution in [0.15, 0.2) is 48.7 Å². The highest BCUT2D eigenvalue weighted by Gasteiger charge is 2.17. The summed E-state index contributed by atoms with van der Waals surface area (Å²) in [5.41, 5.74) is 6.19. The topological polar surface area (TPSA) is 37.6 Å². The fourth-order valence-electron chi connectivity index (χ4n) is 3.44. The fourth-order valence-corrected chi connectivity index (χ4v) is 3.44. The molecule has 3 aromatic rings. The van der Waals surface area contributed by atoms with Crippen molar-refractivity contribution in [3.8, 4) is 11.3 Å². The maximum atomic E-state index is 12.4. The third-order valence-electron chi connectivity index (χ3n) is 4.95. The molecule has 0 atom stereocenters. The molecule has 0 radical (unpaired) electrons. The highest BCUT2D eigenvalue weighted by atomic mass is 16.2. The van der Waals surface area contributed by atoms with E-state index in [4.69, 9.17) is 4.98 Å². The van der Waals surface area contributed by atoms with Crippen molar-refractivity contribution in [2.24, 2.45) is 0 Å². The van der Waals surface area contributed by atoms with Crippen LogP contribution in [-0.4, -0.2) is 33.3 Å². The number of benzene rings is 1. The zero-order chi connectivity index (χ0) is 18.1. The minimum absolute atomic E-state index is 0.0828. The number of rotatable bonds is 3. The molecule has 0 saturated carbocycles. The van der Waals surface area contributed by atoms with Crippen LogP contribution in [0.25, 0.3) is 23.0 Å². The molecule has 3 heterocycles. The predicted octanol–water partition coefficient (Wildman–Crippen LogP) is 4.25. The van der Waals surface area contributed by atoms with Crippen LogP contribution in [0.4, 0.5) is 0 Å². The summed E-state index contributed by atoms with van der Waals surface area (Å²) >= 11 is 0. The van der Waals surface area contributed by atoms with Gasteiger partial charge in [-0.3, -0.25) is 9.20 Å². The highest BCUT2D eigenvalue weighted by Crippen LogP contribution is 2.26. The van der Waals surface area contributed by atoms with Gasteiger partial charge in [0.25, 0.3) is 0 Å². The Morgan fingerprint density at radius 1 is 1.04 bits per heavy atom. The van der Waals surface area contributed by atoms with E-state index >= 15 is 0 Å². The lowest BCUT2D eigenvalue weighted by Gasteiger charge is -2.11. The van der Waals surface area contributed by atoms with Crippen molar-refractivity contribution < 1.29 is 4.79 Å². The van der Waals surface area contributed by atoms with Crippen molar-refractivity contribution in [1.29, 1.82) is 0 Å². The SMILES string of the molecule is Cc1ccc(-c2nc3cc(C)ccn3c2/C=C/C(=O)N2CCCC2)cc1. The van der Waals surface area contributed by atoms with Gasteiger partial charge < -0.3 is 4.90 Å². The van der Waals surface area contributed by atoms with Crippen LogP contribution in [0.2, 0.25) is 0 Å². The maximum absolute atomic E-state index is 12.4. The first-order valence-corrected chi connectivity index (χ1v) is 9.14. The highest BCUT2D eigenvalue weighted by molar-refractivity contribution is 5.93. The Kier molecular flexibility index (Phi) is 4.33. The van der Waals surface area contributed by atoms with Crippen molar-refractivity contribution in [1.82, 2.24) is 14.3 Å². The summed E-state index contributed by atoms with van der Waals surface area (Å²) < 4.78 is 2.05. The summed E-state index contributed by atoms with van der Waals surface area (Å²) in [5.74, 6) is 0.0828. The number of carbonyl (C=O) groups is 1. The second-order valence-corrected chi connectivity index (χ2v) is 7.01. The number of fused-ring (bicyclic) bond motifs is 1. The first-order chi connectivity index (χ1) is 12.6. The largest absolute Gasteiger partial charge is 0.339 e. The van der Waals surface area contributed by atoms with E-state index in [0.29, 0.717) is 0 Å². The molecule has 0 bridgehead atoms. The number of aryl methyl sites for hydroxylation is 2. The Morgan fingerprint density at radius 2 is 1.77 bits per heavy atom. The normalized spacial score (nSPS) is 14.6. The average molecular weight is 345 g/mol.